The number of carbonyl (C=O) groups excluding carboxylic acids is 1. The first-order valence-corrected chi connectivity index (χ1v) is 10.3. The Morgan fingerprint density at radius 2 is 2.13 bits per heavy atom. The first-order valence-electron chi connectivity index (χ1n) is 10.3. The number of hydrogen-bond donors (Lipinski definition) is 2. The van der Waals surface area contributed by atoms with Gasteiger partial charge in [-0.15, -0.1) is 0 Å². The third kappa shape index (κ3) is 3.42. The highest BCUT2D eigenvalue weighted by atomic mass is 19.1. The Balaban J connectivity index is 1.58. The van der Waals surface area contributed by atoms with E-state index in [1.54, 1.807) is 24.7 Å². The zero-order chi connectivity index (χ0) is 21.7. The fraction of sp³-hybridized carbons (Fsp3) is 0.304. The van der Waals surface area contributed by atoms with Crippen molar-refractivity contribution in [1.29, 1.82) is 0 Å². The quantitative estimate of drug-likeness (QED) is 0.510. The summed E-state index contributed by atoms with van der Waals surface area (Å²) in [5.41, 5.74) is 4.25. The summed E-state index contributed by atoms with van der Waals surface area (Å²) in [7, 11) is 0. The van der Waals surface area contributed by atoms with Crippen molar-refractivity contribution in [2.24, 2.45) is 5.92 Å². The highest BCUT2D eigenvalue weighted by Crippen LogP contribution is 2.35. The van der Waals surface area contributed by atoms with Crippen molar-refractivity contribution < 1.29 is 14.3 Å². The minimum absolute atomic E-state index is 0.275. The van der Waals surface area contributed by atoms with Crippen LogP contribution in [0, 0.1) is 12.8 Å². The summed E-state index contributed by atoms with van der Waals surface area (Å²) in [5, 5.41) is 19.0. The highest BCUT2D eigenvalue weighted by molar-refractivity contribution is 6.01. The number of amides is 1. The third-order valence-electron chi connectivity index (χ3n) is 5.81. The third-order valence-corrected chi connectivity index (χ3v) is 5.81. The molecular weight excluding hydrogens is 397 g/mol. The molecule has 31 heavy (non-hydrogen) atoms. The molecule has 8 heteroatoms. The highest BCUT2D eigenvalue weighted by Gasteiger charge is 2.43. The predicted octanol–water partition coefficient (Wildman–Crippen LogP) is 3.99. The number of carbonyl (C=O) groups is 1. The van der Waals surface area contributed by atoms with Gasteiger partial charge >= 0.3 is 0 Å². The molecule has 1 aliphatic carbocycles. The molecule has 1 amide bonds. The van der Waals surface area contributed by atoms with Gasteiger partial charge < -0.3 is 10.4 Å². The number of rotatable bonds is 5. The van der Waals surface area contributed by atoms with E-state index in [-0.39, 0.29) is 12.3 Å². The lowest BCUT2D eigenvalue weighted by Gasteiger charge is -2.14. The first-order chi connectivity index (χ1) is 15.0. The van der Waals surface area contributed by atoms with Gasteiger partial charge in [-0.1, -0.05) is 6.92 Å². The molecule has 4 heterocycles. The lowest BCUT2D eigenvalue weighted by molar-refractivity contribution is -0.117. The van der Waals surface area contributed by atoms with Gasteiger partial charge in [0.25, 0.3) is 0 Å². The molecule has 5 rings (SSSR count). The number of halogens is 1. The SMILES string of the molecule is CCC(O)c1cc(C)c(-c2cc3cnc(NC(=O)[C@@H]4C[C@@H]4F)cc3c3ccnn23)cn1. The number of aryl methyl sites for hydroxylation is 1. The molecule has 1 aliphatic rings. The van der Waals surface area contributed by atoms with Crippen LogP contribution in [-0.4, -0.2) is 36.8 Å². The van der Waals surface area contributed by atoms with Crippen molar-refractivity contribution in [2.45, 2.75) is 39.0 Å². The molecule has 1 fully saturated rings. The summed E-state index contributed by atoms with van der Waals surface area (Å²) in [5.74, 6) is -0.515. The Morgan fingerprint density at radius 3 is 2.84 bits per heavy atom. The van der Waals surface area contributed by atoms with E-state index in [0.29, 0.717) is 17.9 Å². The van der Waals surface area contributed by atoms with E-state index in [0.717, 1.165) is 33.1 Å². The molecule has 4 aromatic rings. The summed E-state index contributed by atoms with van der Waals surface area (Å²) < 4.78 is 15.0. The Bertz CT molecular complexity index is 1320. The molecule has 4 aromatic heterocycles. The van der Waals surface area contributed by atoms with Crippen molar-refractivity contribution in [3.05, 3.63) is 54.1 Å². The summed E-state index contributed by atoms with van der Waals surface area (Å²) >= 11 is 0. The number of hydrogen-bond acceptors (Lipinski definition) is 5. The number of fused-ring (bicyclic) bond motifs is 3. The molecule has 1 saturated carbocycles. The average Bonchev–Trinajstić information content (AvgIpc) is 3.30. The van der Waals surface area contributed by atoms with Crippen molar-refractivity contribution in [2.75, 3.05) is 5.32 Å². The van der Waals surface area contributed by atoms with E-state index in [1.165, 1.54) is 0 Å². The molecule has 0 aliphatic heterocycles. The zero-order valence-electron chi connectivity index (χ0n) is 17.2. The maximum Gasteiger partial charge on any atom is 0.231 e. The van der Waals surface area contributed by atoms with Gasteiger partial charge in [0.05, 0.1) is 35.1 Å². The minimum Gasteiger partial charge on any atom is -0.387 e. The molecule has 0 bridgehead atoms. The molecule has 0 radical (unpaired) electrons. The molecule has 158 valence electrons. The van der Waals surface area contributed by atoms with Crippen LogP contribution >= 0.6 is 0 Å². The zero-order valence-corrected chi connectivity index (χ0v) is 17.2. The second kappa shape index (κ2) is 7.39. The van der Waals surface area contributed by atoms with Crippen LogP contribution in [0.4, 0.5) is 10.2 Å². The standard InChI is InChI=1S/C23H22FN5O2/c1-3-21(30)18-6-12(2)16(11-25-18)20-7-13-10-26-22(28-23(31)15-8-17(15)24)9-14(13)19-4-5-27-29(19)20/h4-7,9-11,15,17,21,30H,3,8H2,1-2H3,(H,26,28,31)/t15-,17+,21?/m1/s1. The number of nitrogens with one attached hydrogen (secondary N) is 1. The molecule has 2 N–H and O–H groups in total. The van der Waals surface area contributed by atoms with Crippen LogP contribution in [0.25, 0.3) is 27.5 Å². The summed E-state index contributed by atoms with van der Waals surface area (Å²) in [4.78, 5) is 20.9. The van der Waals surface area contributed by atoms with Crippen LogP contribution in [0.2, 0.25) is 0 Å². The van der Waals surface area contributed by atoms with Crippen LogP contribution in [-0.2, 0) is 4.79 Å². The number of alkyl halides is 1. The van der Waals surface area contributed by atoms with Crippen molar-refractivity contribution in [3.63, 3.8) is 0 Å². The van der Waals surface area contributed by atoms with E-state index < -0.39 is 18.2 Å². The Kier molecular flexibility index (Phi) is 4.66. The second-order valence-electron chi connectivity index (χ2n) is 8.01. The van der Waals surface area contributed by atoms with Gasteiger partial charge in [0, 0.05) is 28.7 Å². The molecule has 1 unspecified atom stereocenters. The lowest BCUT2D eigenvalue weighted by Crippen LogP contribution is -2.15. The van der Waals surface area contributed by atoms with Crippen LogP contribution in [0.1, 0.15) is 37.1 Å². The Labute approximate surface area is 178 Å². The van der Waals surface area contributed by atoms with Crippen LogP contribution in [0.15, 0.2) is 42.9 Å². The van der Waals surface area contributed by atoms with E-state index >= 15 is 0 Å². The van der Waals surface area contributed by atoms with Gasteiger partial charge in [0.2, 0.25) is 5.91 Å². The van der Waals surface area contributed by atoms with E-state index in [9.17, 15) is 14.3 Å². The van der Waals surface area contributed by atoms with Crippen molar-refractivity contribution in [1.82, 2.24) is 19.6 Å². The molecule has 7 nitrogen and oxygen atoms in total. The van der Waals surface area contributed by atoms with Gasteiger partial charge in [-0.2, -0.15) is 5.10 Å². The number of pyridine rings is 3. The lowest BCUT2D eigenvalue weighted by atomic mass is 10.0. The summed E-state index contributed by atoms with van der Waals surface area (Å²) in [6, 6.07) is 7.56. The molecule has 3 atom stereocenters. The van der Waals surface area contributed by atoms with Crippen LogP contribution in [0.3, 0.4) is 0 Å². The van der Waals surface area contributed by atoms with Gasteiger partial charge in [-0.05, 0) is 49.6 Å². The topological polar surface area (TPSA) is 92.4 Å². The molecule has 0 saturated heterocycles. The van der Waals surface area contributed by atoms with Gasteiger partial charge in [-0.3, -0.25) is 9.78 Å². The smallest absolute Gasteiger partial charge is 0.231 e. The average molecular weight is 419 g/mol. The second-order valence-corrected chi connectivity index (χ2v) is 8.01. The van der Waals surface area contributed by atoms with E-state index in [4.69, 9.17) is 0 Å². The molecular formula is C23H22FN5O2. The fourth-order valence-electron chi connectivity index (χ4n) is 3.86. The molecule has 0 aromatic carbocycles. The Hall–Kier alpha value is -3.39. The van der Waals surface area contributed by atoms with Gasteiger partial charge in [-0.25, -0.2) is 13.9 Å². The fourth-order valence-corrected chi connectivity index (χ4v) is 3.86. The van der Waals surface area contributed by atoms with Gasteiger partial charge in [0.15, 0.2) is 0 Å². The number of aromatic nitrogens is 4. The maximum atomic E-state index is 13.2. The first kappa shape index (κ1) is 19.6. The number of aliphatic hydroxyl groups excluding tert-OH is 1. The number of nitrogens with zero attached hydrogens (tertiary/aromatic N) is 4. The Morgan fingerprint density at radius 1 is 1.32 bits per heavy atom. The van der Waals surface area contributed by atoms with Crippen molar-refractivity contribution in [3.8, 4) is 11.3 Å². The molecule has 0 spiro atoms. The predicted molar refractivity (Wildman–Crippen MR) is 115 cm³/mol. The monoisotopic (exact) mass is 419 g/mol. The number of aliphatic hydroxyl groups is 1. The maximum absolute atomic E-state index is 13.2. The number of anilines is 1. The minimum atomic E-state index is -1.05. The van der Waals surface area contributed by atoms with Crippen molar-refractivity contribution >= 4 is 28.0 Å². The largest absolute Gasteiger partial charge is 0.387 e. The van der Waals surface area contributed by atoms with E-state index in [2.05, 4.69) is 20.4 Å². The normalized spacial score (nSPS) is 19.0. The summed E-state index contributed by atoms with van der Waals surface area (Å²) in [6.07, 6.45) is 4.41. The van der Waals surface area contributed by atoms with Crippen LogP contribution in [0.5, 0.6) is 0 Å². The summed E-state index contributed by atoms with van der Waals surface area (Å²) in [6.45, 7) is 3.89. The van der Waals surface area contributed by atoms with Gasteiger partial charge in [0.1, 0.15) is 12.0 Å². The van der Waals surface area contributed by atoms with Crippen LogP contribution < -0.4 is 5.32 Å². The van der Waals surface area contributed by atoms with E-state index in [1.807, 2.05) is 36.6 Å².